The summed E-state index contributed by atoms with van der Waals surface area (Å²) in [7, 11) is 0. The normalized spacial score (nSPS) is 29.1. The first-order valence-electron chi connectivity index (χ1n) is 7.49. The van der Waals surface area contributed by atoms with Crippen molar-refractivity contribution in [1.29, 1.82) is 0 Å². The van der Waals surface area contributed by atoms with Crippen molar-refractivity contribution in [1.82, 2.24) is 0 Å². The van der Waals surface area contributed by atoms with E-state index >= 15 is 0 Å². The second kappa shape index (κ2) is 5.72. The molecular weight excluding hydrogens is 274 g/mol. The molecule has 3 unspecified atom stereocenters. The van der Waals surface area contributed by atoms with Gasteiger partial charge in [-0.25, -0.2) is 0 Å². The summed E-state index contributed by atoms with van der Waals surface area (Å²) in [5, 5.41) is 4.29. The van der Waals surface area contributed by atoms with Gasteiger partial charge in [0.15, 0.2) is 11.5 Å². The molecule has 0 amide bonds. The third-order valence-electron chi connectivity index (χ3n) is 4.59. The maximum absolute atomic E-state index is 6.35. The standard InChI is InChI=1S/C16H22ClNO2/c1-10-3-4-12(7-11(10)2)18-14-9-16-15(8-13(14)17)19-5-6-20-16/h8-12,18H,3-7H2,1-2H3. The van der Waals surface area contributed by atoms with E-state index in [0.29, 0.717) is 24.3 Å². The summed E-state index contributed by atoms with van der Waals surface area (Å²) in [6, 6.07) is 4.33. The Morgan fingerprint density at radius 3 is 2.45 bits per heavy atom. The lowest BCUT2D eigenvalue weighted by atomic mass is 9.79. The molecule has 1 heterocycles. The van der Waals surface area contributed by atoms with E-state index < -0.39 is 0 Å². The highest BCUT2D eigenvalue weighted by Gasteiger charge is 2.25. The van der Waals surface area contributed by atoms with Crippen LogP contribution in [0, 0.1) is 11.8 Å². The van der Waals surface area contributed by atoms with Crippen LogP contribution in [0.3, 0.4) is 0 Å². The summed E-state index contributed by atoms with van der Waals surface area (Å²) < 4.78 is 11.2. The predicted molar refractivity (Wildman–Crippen MR) is 82.0 cm³/mol. The minimum atomic E-state index is 0.501. The molecule has 0 spiro atoms. The number of hydrogen-bond acceptors (Lipinski definition) is 3. The smallest absolute Gasteiger partial charge is 0.163 e. The quantitative estimate of drug-likeness (QED) is 0.880. The van der Waals surface area contributed by atoms with Crippen LogP contribution in [-0.4, -0.2) is 19.3 Å². The minimum absolute atomic E-state index is 0.501. The molecule has 3 nitrogen and oxygen atoms in total. The van der Waals surface area contributed by atoms with E-state index in [2.05, 4.69) is 19.2 Å². The van der Waals surface area contributed by atoms with Crippen LogP contribution < -0.4 is 14.8 Å². The van der Waals surface area contributed by atoms with E-state index in [4.69, 9.17) is 21.1 Å². The molecule has 1 aliphatic heterocycles. The van der Waals surface area contributed by atoms with E-state index in [1.807, 2.05) is 12.1 Å². The van der Waals surface area contributed by atoms with Crippen LogP contribution in [0.4, 0.5) is 5.69 Å². The predicted octanol–water partition coefficient (Wildman–Crippen LogP) is 4.35. The molecule has 0 bridgehead atoms. The SMILES string of the molecule is CC1CCC(Nc2cc3c(cc2Cl)OCCO3)CC1C. The van der Waals surface area contributed by atoms with Gasteiger partial charge < -0.3 is 14.8 Å². The van der Waals surface area contributed by atoms with E-state index in [1.54, 1.807) is 0 Å². The first kappa shape index (κ1) is 13.9. The number of nitrogens with one attached hydrogen (secondary N) is 1. The Morgan fingerprint density at radius 1 is 1.05 bits per heavy atom. The molecule has 1 aliphatic carbocycles. The van der Waals surface area contributed by atoms with Crippen LogP contribution in [0.15, 0.2) is 12.1 Å². The zero-order valence-corrected chi connectivity index (χ0v) is 12.9. The van der Waals surface area contributed by atoms with Gasteiger partial charge in [-0.2, -0.15) is 0 Å². The second-order valence-corrected chi connectivity index (χ2v) is 6.49. The van der Waals surface area contributed by atoms with Crippen molar-refractivity contribution in [2.45, 2.75) is 39.2 Å². The van der Waals surface area contributed by atoms with E-state index in [-0.39, 0.29) is 0 Å². The number of hydrogen-bond donors (Lipinski definition) is 1. The molecule has 0 radical (unpaired) electrons. The molecule has 0 saturated heterocycles. The first-order chi connectivity index (χ1) is 9.63. The van der Waals surface area contributed by atoms with Crippen molar-refractivity contribution in [3.8, 4) is 11.5 Å². The molecule has 1 aromatic carbocycles. The Balaban J connectivity index is 1.74. The zero-order valence-electron chi connectivity index (χ0n) is 12.1. The Bertz CT molecular complexity index is 492. The van der Waals surface area contributed by atoms with Crippen molar-refractivity contribution in [2.75, 3.05) is 18.5 Å². The third-order valence-corrected chi connectivity index (χ3v) is 4.90. The maximum Gasteiger partial charge on any atom is 0.163 e. The average Bonchev–Trinajstić information content (AvgIpc) is 2.44. The van der Waals surface area contributed by atoms with Gasteiger partial charge in [0.05, 0.1) is 10.7 Å². The molecule has 2 aliphatic rings. The second-order valence-electron chi connectivity index (χ2n) is 6.08. The van der Waals surface area contributed by atoms with E-state index in [1.165, 1.54) is 19.3 Å². The summed E-state index contributed by atoms with van der Waals surface area (Å²) in [6.07, 6.45) is 3.68. The summed E-state index contributed by atoms with van der Waals surface area (Å²) in [4.78, 5) is 0. The van der Waals surface area contributed by atoms with Gasteiger partial charge in [0.25, 0.3) is 0 Å². The lowest BCUT2D eigenvalue weighted by Gasteiger charge is -2.33. The lowest BCUT2D eigenvalue weighted by Crippen LogP contribution is -2.30. The largest absolute Gasteiger partial charge is 0.486 e. The number of anilines is 1. The third kappa shape index (κ3) is 2.83. The lowest BCUT2D eigenvalue weighted by molar-refractivity contribution is 0.171. The van der Waals surface area contributed by atoms with Gasteiger partial charge in [-0.05, 0) is 31.1 Å². The van der Waals surface area contributed by atoms with Gasteiger partial charge in [-0.15, -0.1) is 0 Å². The van der Waals surface area contributed by atoms with Crippen LogP contribution in [0.25, 0.3) is 0 Å². The molecule has 110 valence electrons. The van der Waals surface area contributed by atoms with Crippen LogP contribution in [-0.2, 0) is 0 Å². The fourth-order valence-corrected chi connectivity index (χ4v) is 3.28. The molecule has 3 rings (SSSR count). The molecule has 4 heteroatoms. The number of halogens is 1. The first-order valence-corrected chi connectivity index (χ1v) is 7.87. The summed E-state index contributed by atoms with van der Waals surface area (Å²) in [5.41, 5.74) is 0.961. The van der Waals surface area contributed by atoms with Gasteiger partial charge in [0, 0.05) is 18.2 Å². The molecular formula is C16H22ClNO2. The van der Waals surface area contributed by atoms with Gasteiger partial charge in [-0.3, -0.25) is 0 Å². The minimum Gasteiger partial charge on any atom is -0.486 e. The number of benzene rings is 1. The topological polar surface area (TPSA) is 30.5 Å². The number of rotatable bonds is 2. The number of fused-ring (bicyclic) bond motifs is 1. The number of ether oxygens (including phenoxy) is 2. The Kier molecular flexibility index (Phi) is 3.97. The Hall–Kier alpha value is -1.09. The summed E-state index contributed by atoms with van der Waals surface area (Å²) in [6.45, 7) is 5.88. The molecule has 20 heavy (non-hydrogen) atoms. The van der Waals surface area contributed by atoms with Crippen LogP contribution >= 0.6 is 11.6 Å². The molecule has 1 saturated carbocycles. The van der Waals surface area contributed by atoms with E-state index in [9.17, 15) is 0 Å². The fraction of sp³-hybridized carbons (Fsp3) is 0.625. The highest BCUT2D eigenvalue weighted by molar-refractivity contribution is 6.33. The van der Waals surface area contributed by atoms with Crippen LogP contribution in [0.2, 0.25) is 5.02 Å². The summed E-state index contributed by atoms with van der Waals surface area (Å²) >= 11 is 6.35. The van der Waals surface area contributed by atoms with Gasteiger partial charge >= 0.3 is 0 Å². The van der Waals surface area contributed by atoms with Crippen molar-refractivity contribution in [3.63, 3.8) is 0 Å². The van der Waals surface area contributed by atoms with Crippen molar-refractivity contribution < 1.29 is 9.47 Å². The van der Waals surface area contributed by atoms with Gasteiger partial charge in [0.1, 0.15) is 13.2 Å². The Labute approximate surface area is 125 Å². The van der Waals surface area contributed by atoms with E-state index in [0.717, 1.165) is 29.0 Å². The Morgan fingerprint density at radius 2 is 1.75 bits per heavy atom. The highest BCUT2D eigenvalue weighted by Crippen LogP contribution is 2.39. The highest BCUT2D eigenvalue weighted by atomic mass is 35.5. The van der Waals surface area contributed by atoms with Crippen LogP contribution in [0.5, 0.6) is 11.5 Å². The molecule has 1 fully saturated rings. The van der Waals surface area contributed by atoms with Crippen molar-refractivity contribution in [2.24, 2.45) is 11.8 Å². The van der Waals surface area contributed by atoms with Gasteiger partial charge in [-0.1, -0.05) is 25.4 Å². The summed E-state index contributed by atoms with van der Waals surface area (Å²) in [5.74, 6) is 3.12. The molecule has 0 aromatic heterocycles. The molecule has 1 N–H and O–H groups in total. The molecule has 3 atom stereocenters. The fourth-order valence-electron chi connectivity index (χ4n) is 3.07. The molecule has 1 aromatic rings. The average molecular weight is 296 g/mol. The monoisotopic (exact) mass is 295 g/mol. The maximum atomic E-state index is 6.35. The van der Waals surface area contributed by atoms with Crippen LogP contribution in [0.1, 0.15) is 33.1 Å². The zero-order chi connectivity index (χ0) is 14.1. The van der Waals surface area contributed by atoms with Gasteiger partial charge in [0.2, 0.25) is 0 Å². The van der Waals surface area contributed by atoms with Crippen molar-refractivity contribution >= 4 is 17.3 Å². The van der Waals surface area contributed by atoms with Crippen molar-refractivity contribution in [3.05, 3.63) is 17.2 Å².